The molecule has 0 aromatic heterocycles. The van der Waals surface area contributed by atoms with E-state index in [1.165, 1.54) is 0 Å². The molecule has 7 nitrogen and oxygen atoms in total. The first kappa shape index (κ1) is 19.4. The van der Waals surface area contributed by atoms with E-state index in [-0.39, 0.29) is 30.2 Å². The van der Waals surface area contributed by atoms with Crippen LogP contribution >= 0.6 is 0 Å². The lowest BCUT2D eigenvalue weighted by molar-refractivity contribution is -0.120. The van der Waals surface area contributed by atoms with Gasteiger partial charge in [0.25, 0.3) is 5.91 Å². The number of carbonyl (C=O) groups is 3. The van der Waals surface area contributed by atoms with Gasteiger partial charge in [0.15, 0.2) is 0 Å². The molecule has 1 aliphatic heterocycles. The molecule has 1 fully saturated rings. The van der Waals surface area contributed by atoms with Crippen molar-refractivity contribution in [1.82, 2.24) is 10.6 Å². The standard InChI is InChI=1S/C21H24N4O3/c1-15(23-21(28)16-5-3-2-4-6-16)13-19(26)24-17-7-9-18(10-8-17)25-12-11-22-20(27)14-25/h2-10,15H,11-14H2,1H3,(H,22,27)(H,23,28)(H,24,26). The zero-order valence-electron chi connectivity index (χ0n) is 15.8. The van der Waals surface area contributed by atoms with Crippen LogP contribution in [-0.2, 0) is 9.59 Å². The third kappa shape index (κ3) is 5.33. The maximum absolute atomic E-state index is 12.2. The third-order valence-corrected chi connectivity index (χ3v) is 4.46. The number of benzene rings is 2. The van der Waals surface area contributed by atoms with Crippen molar-refractivity contribution in [3.63, 3.8) is 0 Å². The lowest BCUT2D eigenvalue weighted by Crippen LogP contribution is -2.47. The summed E-state index contributed by atoms with van der Waals surface area (Å²) in [7, 11) is 0. The van der Waals surface area contributed by atoms with Crippen molar-refractivity contribution in [2.45, 2.75) is 19.4 Å². The molecule has 2 aromatic carbocycles. The van der Waals surface area contributed by atoms with Crippen LogP contribution < -0.4 is 20.9 Å². The van der Waals surface area contributed by atoms with Crippen LogP contribution in [0.4, 0.5) is 11.4 Å². The summed E-state index contributed by atoms with van der Waals surface area (Å²) in [6.45, 7) is 3.52. The monoisotopic (exact) mass is 380 g/mol. The van der Waals surface area contributed by atoms with Gasteiger partial charge in [-0.15, -0.1) is 0 Å². The number of piperazine rings is 1. The van der Waals surface area contributed by atoms with Gasteiger partial charge in [0.2, 0.25) is 11.8 Å². The summed E-state index contributed by atoms with van der Waals surface area (Å²) in [5.41, 5.74) is 2.19. The van der Waals surface area contributed by atoms with Crippen molar-refractivity contribution in [3.8, 4) is 0 Å². The zero-order valence-corrected chi connectivity index (χ0v) is 15.8. The molecule has 3 N–H and O–H groups in total. The van der Waals surface area contributed by atoms with Gasteiger partial charge in [0.1, 0.15) is 0 Å². The second kappa shape index (κ2) is 9.03. The molecule has 0 aliphatic carbocycles. The summed E-state index contributed by atoms with van der Waals surface area (Å²) in [6.07, 6.45) is 0.173. The highest BCUT2D eigenvalue weighted by Gasteiger charge is 2.17. The average molecular weight is 380 g/mol. The maximum atomic E-state index is 12.2. The molecule has 1 heterocycles. The Bertz CT molecular complexity index is 836. The van der Waals surface area contributed by atoms with Gasteiger partial charge in [-0.2, -0.15) is 0 Å². The van der Waals surface area contributed by atoms with Gasteiger partial charge in [0, 0.05) is 42.5 Å². The van der Waals surface area contributed by atoms with Crippen LogP contribution in [0.25, 0.3) is 0 Å². The molecule has 1 atom stereocenters. The van der Waals surface area contributed by atoms with Crippen LogP contribution in [0, 0.1) is 0 Å². The van der Waals surface area contributed by atoms with Crippen LogP contribution in [0.5, 0.6) is 0 Å². The first-order chi connectivity index (χ1) is 13.5. The normalized spacial score (nSPS) is 14.8. The van der Waals surface area contributed by atoms with Crippen molar-refractivity contribution in [2.75, 3.05) is 29.9 Å². The molecule has 28 heavy (non-hydrogen) atoms. The Morgan fingerprint density at radius 2 is 1.82 bits per heavy atom. The Kier molecular flexibility index (Phi) is 6.26. The van der Waals surface area contributed by atoms with Crippen molar-refractivity contribution in [1.29, 1.82) is 0 Å². The Labute approximate surface area is 164 Å². The number of carbonyl (C=O) groups excluding carboxylic acids is 3. The van der Waals surface area contributed by atoms with Crippen molar-refractivity contribution >= 4 is 29.1 Å². The lowest BCUT2D eigenvalue weighted by Gasteiger charge is -2.28. The van der Waals surface area contributed by atoms with E-state index in [2.05, 4.69) is 16.0 Å². The van der Waals surface area contributed by atoms with E-state index in [0.717, 1.165) is 12.2 Å². The SMILES string of the molecule is CC(CC(=O)Nc1ccc(N2CCNC(=O)C2)cc1)NC(=O)c1ccccc1. The molecule has 0 bridgehead atoms. The van der Waals surface area contributed by atoms with Gasteiger partial charge in [-0.25, -0.2) is 0 Å². The van der Waals surface area contributed by atoms with Crippen molar-refractivity contribution in [3.05, 3.63) is 60.2 Å². The van der Waals surface area contributed by atoms with E-state index in [1.807, 2.05) is 35.2 Å². The molecule has 0 radical (unpaired) electrons. The molecule has 3 rings (SSSR count). The van der Waals surface area contributed by atoms with Gasteiger partial charge in [-0.1, -0.05) is 18.2 Å². The van der Waals surface area contributed by atoms with Crippen LogP contribution in [0.2, 0.25) is 0 Å². The second-order valence-electron chi connectivity index (χ2n) is 6.81. The molecule has 0 saturated carbocycles. The van der Waals surface area contributed by atoms with Gasteiger partial charge in [0.05, 0.1) is 6.54 Å². The fourth-order valence-corrected chi connectivity index (χ4v) is 3.05. The van der Waals surface area contributed by atoms with E-state index in [1.54, 1.807) is 31.2 Å². The largest absolute Gasteiger partial charge is 0.360 e. The molecule has 0 spiro atoms. The van der Waals surface area contributed by atoms with E-state index in [9.17, 15) is 14.4 Å². The van der Waals surface area contributed by atoms with Gasteiger partial charge in [-0.3, -0.25) is 14.4 Å². The first-order valence-corrected chi connectivity index (χ1v) is 9.29. The molecular formula is C21H24N4O3. The minimum Gasteiger partial charge on any atom is -0.360 e. The molecule has 3 amide bonds. The minimum absolute atomic E-state index is 0.00941. The molecule has 1 aliphatic rings. The first-order valence-electron chi connectivity index (χ1n) is 9.29. The van der Waals surface area contributed by atoms with Crippen LogP contribution in [0.1, 0.15) is 23.7 Å². The molecular weight excluding hydrogens is 356 g/mol. The summed E-state index contributed by atoms with van der Waals surface area (Å²) >= 11 is 0. The van der Waals surface area contributed by atoms with Gasteiger partial charge < -0.3 is 20.9 Å². The highest BCUT2D eigenvalue weighted by atomic mass is 16.2. The maximum Gasteiger partial charge on any atom is 0.251 e. The number of nitrogens with zero attached hydrogens (tertiary/aromatic N) is 1. The Morgan fingerprint density at radius 3 is 2.50 bits per heavy atom. The number of hydrogen-bond donors (Lipinski definition) is 3. The molecule has 7 heteroatoms. The second-order valence-corrected chi connectivity index (χ2v) is 6.81. The number of amides is 3. The Balaban J connectivity index is 1.49. The highest BCUT2D eigenvalue weighted by molar-refractivity contribution is 5.95. The Morgan fingerprint density at radius 1 is 1.11 bits per heavy atom. The molecule has 2 aromatic rings. The summed E-state index contributed by atoms with van der Waals surface area (Å²) < 4.78 is 0. The third-order valence-electron chi connectivity index (χ3n) is 4.46. The van der Waals surface area contributed by atoms with Crippen molar-refractivity contribution < 1.29 is 14.4 Å². The summed E-state index contributed by atoms with van der Waals surface area (Å²) in [6, 6.07) is 16.0. The van der Waals surface area contributed by atoms with Gasteiger partial charge >= 0.3 is 0 Å². The fraction of sp³-hybridized carbons (Fsp3) is 0.286. The minimum atomic E-state index is -0.293. The topological polar surface area (TPSA) is 90.5 Å². The number of rotatable bonds is 6. The smallest absolute Gasteiger partial charge is 0.251 e. The number of nitrogens with one attached hydrogen (secondary N) is 3. The Hall–Kier alpha value is -3.35. The molecule has 1 unspecified atom stereocenters. The predicted molar refractivity (Wildman–Crippen MR) is 108 cm³/mol. The summed E-state index contributed by atoms with van der Waals surface area (Å²) in [5, 5.41) is 8.46. The van der Waals surface area contributed by atoms with Crippen LogP contribution in [-0.4, -0.2) is 43.4 Å². The van der Waals surface area contributed by atoms with E-state index in [4.69, 9.17) is 0 Å². The number of hydrogen-bond acceptors (Lipinski definition) is 4. The molecule has 146 valence electrons. The molecule has 1 saturated heterocycles. The van der Waals surface area contributed by atoms with Crippen LogP contribution in [0.15, 0.2) is 54.6 Å². The van der Waals surface area contributed by atoms with E-state index in [0.29, 0.717) is 24.3 Å². The quantitative estimate of drug-likeness (QED) is 0.712. The summed E-state index contributed by atoms with van der Waals surface area (Å²) in [4.78, 5) is 37.9. The van der Waals surface area contributed by atoms with E-state index >= 15 is 0 Å². The highest BCUT2D eigenvalue weighted by Crippen LogP contribution is 2.18. The predicted octanol–water partition coefficient (Wildman–Crippen LogP) is 1.77. The van der Waals surface area contributed by atoms with E-state index < -0.39 is 0 Å². The average Bonchev–Trinajstić information content (AvgIpc) is 2.69. The van der Waals surface area contributed by atoms with Gasteiger partial charge in [-0.05, 0) is 43.3 Å². The summed E-state index contributed by atoms with van der Waals surface area (Å²) in [5.74, 6) is -0.364. The van der Waals surface area contributed by atoms with Crippen LogP contribution in [0.3, 0.4) is 0 Å². The zero-order chi connectivity index (χ0) is 19.9. The van der Waals surface area contributed by atoms with Crippen molar-refractivity contribution in [2.24, 2.45) is 0 Å². The number of anilines is 2. The fourth-order valence-electron chi connectivity index (χ4n) is 3.05. The lowest BCUT2D eigenvalue weighted by atomic mass is 10.1.